The van der Waals surface area contributed by atoms with Gasteiger partial charge in [-0.3, -0.25) is 4.79 Å². The first-order valence-electron chi connectivity index (χ1n) is 8.43. The van der Waals surface area contributed by atoms with Crippen LogP contribution in [0.2, 0.25) is 0 Å². The lowest BCUT2D eigenvalue weighted by Crippen LogP contribution is -2.21. The Morgan fingerprint density at radius 2 is 1.72 bits per heavy atom. The first-order valence-corrected chi connectivity index (χ1v) is 8.43. The predicted molar refractivity (Wildman–Crippen MR) is 101 cm³/mol. The maximum atomic E-state index is 13.0. The number of nitrogens with zero attached hydrogens (tertiary/aromatic N) is 1. The number of methoxy groups -OCH3 is 1. The topological polar surface area (TPSA) is 38.7 Å². The number of carbonyl (C=O) groups excluding carboxylic acids is 1. The molecule has 1 unspecified atom stereocenters. The zero-order chi connectivity index (χ0) is 17.4. The highest BCUT2D eigenvalue weighted by Crippen LogP contribution is 2.36. The van der Waals surface area contributed by atoms with Crippen molar-refractivity contribution >= 4 is 28.0 Å². The van der Waals surface area contributed by atoms with E-state index in [1.807, 2.05) is 55.5 Å². The van der Waals surface area contributed by atoms with Gasteiger partial charge in [-0.15, -0.1) is 0 Å². The quantitative estimate of drug-likeness (QED) is 0.689. The summed E-state index contributed by atoms with van der Waals surface area (Å²) in [5.74, 6) is 0.715. The predicted octanol–water partition coefficient (Wildman–Crippen LogP) is 4.85. The minimum atomic E-state index is -0.190. The van der Waals surface area contributed by atoms with Crippen molar-refractivity contribution in [2.45, 2.75) is 19.3 Å². The molecule has 0 radical (unpaired) electrons. The van der Waals surface area contributed by atoms with Crippen LogP contribution in [0.1, 0.15) is 24.0 Å². The SMILES string of the molecule is COc1ccc(CC2=Nc3cccc4cccc(c34)C(C)C2=O)cc1. The van der Waals surface area contributed by atoms with Gasteiger partial charge in [0, 0.05) is 17.7 Å². The van der Waals surface area contributed by atoms with Crippen LogP contribution in [0, 0.1) is 0 Å². The Kier molecular flexibility index (Phi) is 3.85. The lowest BCUT2D eigenvalue weighted by molar-refractivity contribution is -0.114. The van der Waals surface area contributed by atoms with Crippen LogP contribution in [-0.2, 0) is 11.2 Å². The molecule has 3 nitrogen and oxygen atoms in total. The lowest BCUT2D eigenvalue weighted by Gasteiger charge is -2.12. The van der Waals surface area contributed by atoms with Crippen molar-refractivity contribution in [2.75, 3.05) is 7.11 Å². The molecule has 0 saturated carbocycles. The Bertz CT molecular complexity index is 981. The number of benzene rings is 3. The number of rotatable bonds is 3. The molecule has 3 aromatic carbocycles. The average molecular weight is 329 g/mol. The normalized spacial score (nSPS) is 16.5. The minimum Gasteiger partial charge on any atom is -0.497 e. The highest BCUT2D eigenvalue weighted by molar-refractivity contribution is 6.43. The fourth-order valence-electron chi connectivity index (χ4n) is 3.46. The van der Waals surface area contributed by atoms with Gasteiger partial charge in [-0.2, -0.15) is 0 Å². The largest absolute Gasteiger partial charge is 0.497 e. The summed E-state index contributed by atoms with van der Waals surface area (Å²) in [5, 5.41) is 2.22. The zero-order valence-electron chi connectivity index (χ0n) is 14.3. The molecule has 25 heavy (non-hydrogen) atoms. The number of aliphatic imine (C=N–C) groups is 1. The molecule has 1 heterocycles. The van der Waals surface area contributed by atoms with Crippen LogP contribution in [0.4, 0.5) is 5.69 Å². The van der Waals surface area contributed by atoms with E-state index in [9.17, 15) is 4.79 Å². The third-order valence-corrected chi connectivity index (χ3v) is 4.85. The van der Waals surface area contributed by atoms with Crippen molar-refractivity contribution in [3.63, 3.8) is 0 Å². The Labute approximate surface area is 147 Å². The molecule has 0 saturated heterocycles. The number of hydrogen-bond acceptors (Lipinski definition) is 3. The van der Waals surface area contributed by atoms with Crippen LogP contribution in [0.3, 0.4) is 0 Å². The van der Waals surface area contributed by atoms with E-state index < -0.39 is 0 Å². The molecule has 1 atom stereocenters. The van der Waals surface area contributed by atoms with Crippen LogP contribution < -0.4 is 4.74 Å². The molecule has 0 bridgehead atoms. The Balaban J connectivity index is 1.80. The fourth-order valence-corrected chi connectivity index (χ4v) is 3.46. The standard InChI is InChI=1S/C22H19NO2/c1-14-18-7-3-5-16-6-4-8-19(21(16)18)23-20(22(14)24)13-15-9-11-17(25-2)12-10-15/h3-12,14H,13H2,1-2H3. The number of hydrogen-bond donors (Lipinski definition) is 0. The van der Waals surface area contributed by atoms with Gasteiger partial charge in [0.2, 0.25) is 0 Å². The van der Waals surface area contributed by atoms with Gasteiger partial charge in [0.05, 0.1) is 18.5 Å². The van der Waals surface area contributed by atoms with Crippen LogP contribution in [0.5, 0.6) is 5.75 Å². The number of ketones is 1. The van der Waals surface area contributed by atoms with Crippen molar-refractivity contribution in [3.8, 4) is 5.75 Å². The summed E-state index contributed by atoms with van der Waals surface area (Å²) < 4.78 is 5.20. The van der Waals surface area contributed by atoms with Gasteiger partial charge in [-0.25, -0.2) is 4.99 Å². The van der Waals surface area contributed by atoms with Crippen molar-refractivity contribution in [3.05, 3.63) is 71.8 Å². The van der Waals surface area contributed by atoms with E-state index in [1.165, 1.54) is 0 Å². The Morgan fingerprint density at radius 1 is 1.00 bits per heavy atom. The van der Waals surface area contributed by atoms with Gasteiger partial charge in [0.1, 0.15) is 5.75 Å². The maximum absolute atomic E-state index is 13.0. The second-order valence-corrected chi connectivity index (χ2v) is 6.39. The van der Waals surface area contributed by atoms with Crippen LogP contribution in [0.25, 0.3) is 10.8 Å². The summed E-state index contributed by atoms with van der Waals surface area (Å²) >= 11 is 0. The number of ether oxygens (including phenoxy) is 1. The maximum Gasteiger partial charge on any atom is 0.184 e. The first kappa shape index (κ1) is 15.6. The minimum absolute atomic E-state index is 0.0968. The molecule has 0 fully saturated rings. The molecule has 0 aromatic heterocycles. The third kappa shape index (κ3) is 2.72. The van der Waals surface area contributed by atoms with E-state index in [0.717, 1.165) is 33.3 Å². The molecular formula is C22H19NO2. The summed E-state index contributed by atoms with van der Waals surface area (Å²) in [6.45, 7) is 1.97. The lowest BCUT2D eigenvalue weighted by atomic mass is 9.89. The second-order valence-electron chi connectivity index (χ2n) is 6.39. The van der Waals surface area contributed by atoms with E-state index in [1.54, 1.807) is 7.11 Å². The average Bonchev–Trinajstić information content (AvgIpc) is 2.75. The Hall–Kier alpha value is -2.94. The van der Waals surface area contributed by atoms with Crippen molar-refractivity contribution in [1.29, 1.82) is 0 Å². The number of Topliss-reactive ketones (excluding diaryl/α,β-unsaturated/α-hetero) is 1. The summed E-state index contributed by atoms with van der Waals surface area (Å²) in [6.07, 6.45) is 0.525. The van der Waals surface area contributed by atoms with Crippen LogP contribution in [0.15, 0.2) is 65.7 Å². The van der Waals surface area contributed by atoms with Gasteiger partial charge < -0.3 is 4.74 Å². The molecule has 3 heteroatoms. The summed E-state index contributed by atoms with van der Waals surface area (Å²) in [4.78, 5) is 17.8. The third-order valence-electron chi connectivity index (χ3n) is 4.85. The molecule has 1 aliphatic heterocycles. The zero-order valence-corrected chi connectivity index (χ0v) is 14.3. The molecule has 3 aromatic rings. The van der Waals surface area contributed by atoms with Crippen LogP contribution >= 0.6 is 0 Å². The summed E-state index contributed by atoms with van der Waals surface area (Å²) in [5.41, 5.74) is 3.61. The molecule has 0 amide bonds. The molecule has 0 N–H and O–H groups in total. The first-order chi connectivity index (χ1) is 12.2. The van der Waals surface area contributed by atoms with Crippen molar-refractivity contribution in [2.24, 2.45) is 4.99 Å². The van der Waals surface area contributed by atoms with Gasteiger partial charge in [0.25, 0.3) is 0 Å². The molecular weight excluding hydrogens is 310 g/mol. The van der Waals surface area contributed by atoms with E-state index in [-0.39, 0.29) is 11.7 Å². The van der Waals surface area contributed by atoms with Gasteiger partial charge in [0.15, 0.2) is 5.78 Å². The smallest absolute Gasteiger partial charge is 0.184 e. The Morgan fingerprint density at radius 3 is 2.44 bits per heavy atom. The molecule has 1 aliphatic rings. The van der Waals surface area contributed by atoms with Gasteiger partial charge in [-0.1, -0.05) is 49.4 Å². The summed E-state index contributed by atoms with van der Waals surface area (Å²) in [7, 11) is 1.65. The van der Waals surface area contributed by atoms with Gasteiger partial charge in [-0.05, 0) is 34.7 Å². The number of carbonyl (C=O) groups is 1. The van der Waals surface area contributed by atoms with E-state index >= 15 is 0 Å². The monoisotopic (exact) mass is 329 g/mol. The molecule has 124 valence electrons. The van der Waals surface area contributed by atoms with E-state index in [0.29, 0.717) is 12.1 Å². The fraction of sp³-hybridized carbons (Fsp3) is 0.182. The van der Waals surface area contributed by atoms with E-state index in [4.69, 9.17) is 9.73 Å². The molecule has 0 spiro atoms. The molecule has 0 aliphatic carbocycles. The highest BCUT2D eigenvalue weighted by atomic mass is 16.5. The highest BCUT2D eigenvalue weighted by Gasteiger charge is 2.26. The second kappa shape index (κ2) is 6.17. The molecule has 4 rings (SSSR count). The van der Waals surface area contributed by atoms with E-state index in [2.05, 4.69) is 12.1 Å². The van der Waals surface area contributed by atoms with Gasteiger partial charge >= 0.3 is 0 Å². The summed E-state index contributed by atoms with van der Waals surface area (Å²) in [6, 6.07) is 20.0. The van der Waals surface area contributed by atoms with Crippen molar-refractivity contribution in [1.82, 2.24) is 0 Å². The van der Waals surface area contributed by atoms with Crippen molar-refractivity contribution < 1.29 is 9.53 Å². The van der Waals surface area contributed by atoms with Crippen LogP contribution in [-0.4, -0.2) is 18.6 Å².